The molecular weight excluding hydrogens is 436 g/mol. The quantitative estimate of drug-likeness (QED) is 0.450. The van der Waals surface area contributed by atoms with Crippen molar-refractivity contribution in [2.45, 2.75) is 112 Å². The lowest BCUT2D eigenvalue weighted by Gasteiger charge is -2.71. The van der Waals surface area contributed by atoms with Gasteiger partial charge in [-0.25, -0.2) is 0 Å². The van der Waals surface area contributed by atoms with Gasteiger partial charge in [-0.3, -0.25) is 9.59 Å². The number of hydrogen-bond donors (Lipinski definition) is 3. The molecule has 5 rings (SSSR count). The smallest absolute Gasteiger partial charge is 0.223 e. The lowest BCUT2D eigenvalue weighted by Crippen LogP contribution is -2.70. The molecule has 0 radical (unpaired) electrons. The minimum absolute atomic E-state index is 0.0756. The second-order valence-electron chi connectivity index (χ2n) is 15.3. The number of fused-ring (bicyclic) bond motifs is 7. The summed E-state index contributed by atoms with van der Waals surface area (Å²) in [5.74, 6) is 0.400. The predicted molar refractivity (Wildman–Crippen MR) is 138 cm³/mol. The largest absolute Gasteiger partial charge is 0.376 e. The van der Waals surface area contributed by atoms with Crippen molar-refractivity contribution in [2.75, 3.05) is 0 Å². The average Bonchev–Trinajstić information content (AvgIpc) is 2.74. The summed E-state index contributed by atoms with van der Waals surface area (Å²) in [6.45, 7) is 15.7. The van der Waals surface area contributed by atoms with Crippen LogP contribution in [-0.4, -0.2) is 22.5 Å². The molecule has 0 aromatic carbocycles. The van der Waals surface area contributed by atoms with Crippen molar-refractivity contribution >= 4 is 11.7 Å². The highest BCUT2D eigenvalue weighted by Crippen LogP contribution is 2.75. The Kier molecular flexibility index (Phi) is 5.10. The Hall–Kier alpha value is -1.20. The molecule has 0 spiro atoms. The molecule has 0 bridgehead atoms. The summed E-state index contributed by atoms with van der Waals surface area (Å²) >= 11 is 0. The Bertz CT molecular complexity index is 1020. The molecule has 0 aromatic rings. The summed E-state index contributed by atoms with van der Waals surface area (Å²) in [6, 6.07) is 0. The van der Waals surface area contributed by atoms with Gasteiger partial charge in [-0.2, -0.15) is 0 Å². The highest BCUT2D eigenvalue weighted by molar-refractivity contribution is 5.95. The number of hydrogen-bond acceptors (Lipinski definition) is 4. The van der Waals surface area contributed by atoms with E-state index in [1.165, 1.54) is 5.57 Å². The van der Waals surface area contributed by atoms with E-state index in [2.05, 4.69) is 41.5 Å². The van der Waals surface area contributed by atoms with Crippen molar-refractivity contribution in [2.24, 2.45) is 61.7 Å². The Morgan fingerprint density at radius 2 is 1.57 bits per heavy atom. The molecule has 5 N–H and O–H groups in total. The molecule has 1 amide bonds. The molecule has 4 saturated carbocycles. The second kappa shape index (κ2) is 7.01. The summed E-state index contributed by atoms with van der Waals surface area (Å²) in [6.07, 6.45) is 10.1. The number of rotatable bonds is 1. The van der Waals surface area contributed by atoms with Crippen molar-refractivity contribution in [3.8, 4) is 0 Å². The number of primary amides is 1. The van der Waals surface area contributed by atoms with E-state index >= 15 is 0 Å². The number of ketones is 1. The number of carbonyl (C=O) groups is 2. The van der Waals surface area contributed by atoms with Gasteiger partial charge in [0, 0.05) is 16.7 Å². The molecule has 1 unspecified atom stereocenters. The lowest BCUT2D eigenvalue weighted by atomic mass is 9.33. The van der Waals surface area contributed by atoms with Crippen molar-refractivity contribution in [1.29, 1.82) is 0 Å². The topological polar surface area (TPSA) is 106 Å². The van der Waals surface area contributed by atoms with E-state index in [0.29, 0.717) is 6.42 Å². The molecule has 4 fully saturated rings. The molecule has 35 heavy (non-hydrogen) atoms. The van der Waals surface area contributed by atoms with Crippen LogP contribution in [0.2, 0.25) is 0 Å². The van der Waals surface area contributed by atoms with E-state index in [9.17, 15) is 14.7 Å². The van der Waals surface area contributed by atoms with Gasteiger partial charge >= 0.3 is 0 Å². The summed E-state index contributed by atoms with van der Waals surface area (Å²) in [5.41, 5.74) is 11.2. The zero-order chi connectivity index (χ0) is 26.0. The molecule has 196 valence electrons. The van der Waals surface area contributed by atoms with E-state index in [1.807, 2.05) is 13.0 Å². The minimum Gasteiger partial charge on any atom is -0.376 e. The normalized spacial score (nSPS) is 55.1. The zero-order valence-electron chi connectivity index (χ0n) is 23.1. The van der Waals surface area contributed by atoms with E-state index < -0.39 is 16.6 Å². The molecule has 9 atom stereocenters. The van der Waals surface area contributed by atoms with Crippen LogP contribution in [0.1, 0.15) is 106 Å². The van der Waals surface area contributed by atoms with E-state index in [4.69, 9.17) is 11.5 Å². The molecule has 5 nitrogen and oxygen atoms in total. The van der Waals surface area contributed by atoms with Crippen LogP contribution in [0.4, 0.5) is 0 Å². The summed E-state index contributed by atoms with van der Waals surface area (Å²) in [5, 5.41) is 11.1. The highest BCUT2D eigenvalue weighted by Gasteiger charge is 2.71. The third-order valence-corrected chi connectivity index (χ3v) is 13.5. The average molecular weight is 485 g/mol. The van der Waals surface area contributed by atoms with Crippen LogP contribution < -0.4 is 11.5 Å². The monoisotopic (exact) mass is 484 g/mol. The fourth-order valence-corrected chi connectivity index (χ4v) is 10.4. The Labute approximate surface area is 211 Å². The number of aliphatic hydroxyl groups is 1. The molecule has 0 aromatic heterocycles. The van der Waals surface area contributed by atoms with Crippen LogP contribution in [0, 0.1) is 50.2 Å². The highest BCUT2D eigenvalue weighted by atomic mass is 16.3. The zero-order valence-corrected chi connectivity index (χ0v) is 23.1. The van der Waals surface area contributed by atoms with Crippen molar-refractivity contribution in [3.63, 3.8) is 0 Å². The van der Waals surface area contributed by atoms with Gasteiger partial charge in [0.2, 0.25) is 5.91 Å². The summed E-state index contributed by atoms with van der Waals surface area (Å²) < 4.78 is 0. The molecule has 5 heteroatoms. The van der Waals surface area contributed by atoms with E-state index in [1.54, 1.807) is 0 Å². The maximum atomic E-state index is 14.3. The second-order valence-corrected chi connectivity index (χ2v) is 15.3. The van der Waals surface area contributed by atoms with Gasteiger partial charge in [-0.05, 0) is 97.4 Å². The fraction of sp³-hybridized carbons (Fsp3) is 0.867. The van der Waals surface area contributed by atoms with E-state index in [0.717, 1.165) is 51.4 Å². The van der Waals surface area contributed by atoms with Crippen molar-refractivity contribution in [1.82, 2.24) is 0 Å². The summed E-state index contributed by atoms with van der Waals surface area (Å²) in [4.78, 5) is 26.7. The van der Waals surface area contributed by atoms with E-state index in [-0.39, 0.29) is 51.1 Å². The maximum absolute atomic E-state index is 14.3. The maximum Gasteiger partial charge on any atom is 0.223 e. The standard InChI is InChI=1S/C30H48N2O3/c1-24(2)21-8-9-29(7)22(27(21,5)13-15-30(24,32)35)20(33)16-18-19-17-26(4,23(31)34)11-10-25(19,3)12-14-28(18,29)6/h16,19,21-22,35H,8-15,17,32H2,1-7H3,(H2,31,34)/t19-,21?,22+,25+,26-,27-,28+,29+,30-/m0/s1. The number of carbonyl (C=O) groups excluding carboxylic acids is 2. The van der Waals surface area contributed by atoms with Gasteiger partial charge in [-0.1, -0.05) is 54.0 Å². The van der Waals surface area contributed by atoms with Gasteiger partial charge in [0.05, 0.1) is 0 Å². The predicted octanol–water partition coefficient (Wildman–Crippen LogP) is 5.10. The van der Waals surface area contributed by atoms with Crippen LogP contribution >= 0.6 is 0 Å². The first-order chi connectivity index (χ1) is 15.9. The van der Waals surface area contributed by atoms with Crippen LogP contribution in [0.5, 0.6) is 0 Å². The molecule has 0 saturated heterocycles. The van der Waals surface area contributed by atoms with Crippen molar-refractivity contribution in [3.05, 3.63) is 11.6 Å². The molecule has 5 aliphatic carbocycles. The number of nitrogens with two attached hydrogens (primary N) is 2. The first-order valence-electron chi connectivity index (χ1n) is 14.0. The fourth-order valence-electron chi connectivity index (χ4n) is 10.4. The van der Waals surface area contributed by atoms with Crippen LogP contribution in [-0.2, 0) is 9.59 Å². The number of allylic oxidation sites excluding steroid dienone is 2. The summed E-state index contributed by atoms with van der Waals surface area (Å²) in [7, 11) is 0. The third-order valence-electron chi connectivity index (χ3n) is 13.5. The molecule has 5 aliphatic rings. The van der Waals surface area contributed by atoms with Crippen molar-refractivity contribution < 1.29 is 14.7 Å². The van der Waals surface area contributed by atoms with Gasteiger partial charge < -0.3 is 16.6 Å². The van der Waals surface area contributed by atoms with Gasteiger partial charge in [0.25, 0.3) is 0 Å². The van der Waals surface area contributed by atoms with Crippen LogP contribution in [0.25, 0.3) is 0 Å². The molecule has 0 aliphatic heterocycles. The number of amides is 1. The minimum atomic E-state index is -1.21. The molecular formula is C30H48N2O3. The molecule has 0 heterocycles. The van der Waals surface area contributed by atoms with Gasteiger partial charge in [0.1, 0.15) is 5.72 Å². The van der Waals surface area contributed by atoms with Gasteiger partial charge in [0.15, 0.2) is 5.78 Å². The third kappa shape index (κ3) is 2.94. The first-order valence-corrected chi connectivity index (χ1v) is 14.0. The first kappa shape index (κ1) is 25.4. The Morgan fingerprint density at radius 1 is 0.943 bits per heavy atom. The van der Waals surface area contributed by atoms with Gasteiger partial charge in [-0.15, -0.1) is 0 Å². The Balaban J connectivity index is 1.62. The van der Waals surface area contributed by atoms with Crippen LogP contribution in [0.15, 0.2) is 11.6 Å². The SMILES string of the molecule is CC1(C)C2CC[C@]3(C)[C@H](C(=O)C=C4[C@@H]5C[C@@](C)(C(N)=O)CC[C@]5(C)CC[C@]43C)[C@@]2(C)CC[C@]1(N)O. The lowest BCUT2D eigenvalue weighted by molar-refractivity contribution is -0.229. The Morgan fingerprint density at radius 3 is 2.20 bits per heavy atom. The van der Waals surface area contributed by atoms with Crippen LogP contribution in [0.3, 0.4) is 0 Å².